The van der Waals surface area contributed by atoms with Gasteiger partial charge in [0.2, 0.25) is 0 Å². The van der Waals surface area contributed by atoms with Crippen LogP contribution in [-0.4, -0.2) is 38.8 Å². The Morgan fingerprint density at radius 2 is 1.79 bits per heavy atom. The predicted octanol–water partition coefficient (Wildman–Crippen LogP) is 3.58. The number of methoxy groups -OCH3 is 2. The Hall–Kier alpha value is -3.30. The third-order valence-electron chi connectivity index (χ3n) is 5.45. The van der Waals surface area contributed by atoms with Gasteiger partial charge in [-0.25, -0.2) is 4.98 Å². The number of nitriles is 1. The average Bonchev–Trinajstić information content (AvgIpc) is 2.77. The molecule has 0 radical (unpaired) electrons. The van der Waals surface area contributed by atoms with E-state index in [9.17, 15) is 5.26 Å². The highest BCUT2D eigenvalue weighted by Crippen LogP contribution is 2.37. The molecular weight excluding hydrogens is 364 g/mol. The molecule has 1 aromatic heterocycles. The Balaban J connectivity index is 1.76. The van der Waals surface area contributed by atoms with Crippen molar-refractivity contribution in [3.8, 4) is 17.6 Å². The lowest BCUT2D eigenvalue weighted by atomic mass is 10.0. The van der Waals surface area contributed by atoms with Crippen LogP contribution < -0.4 is 19.7 Å². The average molecular weight is 388 g/mol. The molecule has 0 amide bonds. The third-order valence-corrected chi connectivity index (χ3v) is 5.45. The van der Waals surface area contributed by atoms with Crippen LogP contribution in [0.3, 0.4) is 0 Å². The lowest BCUT2D eigenvalue weighted by Crippen LogP contribution is -2.46. The van der Waals surface area contributed by atoms with Gasteiger partial charge in [0.1, 0.15) is 11.9 Å². The number of piperazine rings is 1. The molecule has 0 aliphatic carbocycles. The van der Waals surface area contributed by atoms with Gasteiger partial charge >= 0.3 is 0 Å². The zero-order chi connectivity index (χ0) is 20.4. The van der Waals surface area contributed by atoms with Gasteiger partial charge in [-0.05, 0) is 24.6 Å². The number of hydrogen-bond acceptors (Lipinski definition) is 6. The van der Waals surface area contributed by atoms with E-state index in [1.807, 2.05) is 12.1 Å². The van der Waals surface area contributed by atoms with Crippen molar-refractivity contribution in [1.82, 2.24) is 10.3 Å². The molecule has 0 unspecified atom stereocenters. The van der Waals surface area contributed by atoms with Crippen molar-refractivity contribution in [1.29, 1.82) is 5.26 Å². The summed E-state index contributed by atoms with van der Waals surface area (Å²) in [5.74, 6) is 2.09. The second kappa shape index (κ2) is 7.98. The number of nitrogens with zero attached hydrogens (tertiary/aromatic N) is 3. The van der Waals surface area contributed by atoms with E-state index in [2.05, 4.69) is 52.5 Å². The number of nitrogens with one attached hydrogen (secondary N) is 1. The number of benzene rings is 2. The zero-order valence-corrected chi connectivity index (χ0v) is 16.9. The molecule has 4 rings (SSSR count). The molecule has 0 spiro atoms. The van der Waals surface area contributed by atoms with E-state index in [1.165, 1.54) is 11.1 Å². The molecule has 1 N–H and O–H groups in total. The molecule has 0 bridgehead atoms. The summed E-state index contributed by atoms with van der Waals surface area (Å²) in [5, 5.41) is 14.9. The number of rotatable bonds is 4. The summed E-state index contributed by atoms with van der Waals surface area (Å²) in [6.07, 6.45) is 1.65. The van der Waals surface area contributed by atoms with Crippen molar-refractivity contribution in [3.63, 3.8) is 0 Å². The third kappa shape index (κ3) is 3.57. The first-order chi connectivity index (χ1) is 14.1. The van der Waals surface area contributed by atoms with Crippen LogP contribution in [0.1, 0.15) is 22.7 Å². The fourth-order valence-corrected chi connectivity index (χ4v) is 3.86. The number of hydrogen-bond donors (Lipinski definition) is 1. The summed E-state index contributed by atoms with van der Waals surface area (Å²) in [6, 6.07) is 14.9. The lowest BCUT2D eigenvalue weighted by molar-refractivity contribution is 0.356. The van der Waals surface area contributed by atoms with E-state index in [1.54, 1.807) is 20.4 Å². The molecule has 29 heavy (non-hydrogen) atoms. The second-order valence-corrected chi connectivity index (χ2v) is 7.22. The summed E-state index contributed by atoms with van der Waals surface area (Å²) in [5.41, 5.74) is 3.04. The number of pyridine rings is 1. The molecule has 1 fully saturated rings. The maximum Gasteiger partial charge on any atom is 0.161 e. The van der Waals surface area contributed by atoms with E-state index >= 15 is 0 Å². The SMILES string of the molecule is COc1cc2c(C#N)cnc(N3CCN[C@@H](c4ccc(C)cc4)C3)c2cc1OC. The normalized spacial score (nSPS) is 16.5. The van der Waals surface area contributed by atoms with Crippen molar-refractivity contribution in [3.05, 3.63) is 59.3 Å². The Morgan fingerprint density at radius 1 is 1.10 bits per heavy atom. The van der Waals surface area contributed by atoms with Gasteiger partial charge in [-0.15, -0.1) is 0 Å². The van der Waals surface area contributed by atoms with Crippen molar-refractivity contribution in [2.75, 3.05) is 38.8 Å². The van der Waals surface area contributed by atoms with Crippen LogP contribution in [0, 0.1) is 18.3 Å². The first-order valence-corrected chi connectivity index (χ1v) is 9.64. The first-order valence-electron chi connectivity index (χ1n) is 9.64. The molecule has 6 heteroatoms. The highest BCUT2D eigenvalue weighted by atomic mass is 16.5. The highest BCUT2D eigenvalue weighted by molar-refractivity contribution is 5.98. The van der Waals surface area contributed by atoms with Crippen molar-refractivity contribution in [2.24, 2.45) is 0 Å². The van der Waals surface area contributed by atoms with Crippen molar-refractivity contribution in [2.45, 2.75) is 13.0 Å². The maximum absolute atomic E-state index is 9.55. The van der Waals surface area contributed by atoms with Gasteiger partial charge in [0, 0.05) is 42.6 Å². The Labute approximate surface area is 170 Å². The number of ether oxygens (including phenoxy) is 2. The van der Waals surface area contributed by atoms with E-state index in [0.29, 0.717) is 17.1 Å². The smallest absolute Gasteiger partial charge is 0.161 e. The molecule has 1 aliphatic heterocycles. The fourth-order valence-electron chi connectivity index (χ4n) is 3.86. The Morgan fingerprint density at radius 3 is 2.45 bits per heavy atom. The van der Waals surface area contributed by atoms with Gasteiger partial charge in [0.25, 0.3) is 0 Å². The molecule has 1 saturated heterocycles. The first kappa shape index (κ1) is 19.0. The Bertz CT molecular complexity index is 1070. The number of aryl methyl sites for hydroxylation is 1. The topological polar surface area (TPSA) is 70.4 Å². The lowest BCUT2D eigenvalue weighted by Gasteiger charge is -2.35. The molecule has 148 valence electrons. The van der Waals surface area contributed by atoms with Crippen LogP contribution in [0.2, 0.25) is 0 Å². The molecule has 6 nitrogen and oxygen atoms in total. The monoisotopic (exact) mass is 388 g/mol. The van der Waals surface area contributed by atoms with Crippen LogP contribution in [-0.2, 0) is 0 Å². The summed E-state index contributed by atoms with van der Waals surface area (Å²) >= 11 is 0. The number of anilines is 1. The molecule has 1 aliphatic rings. The molecule has 2 heterocycles. The summed E-state index contributed by atoms with van der Waals surface area (Å²) in [4.78, 5) is 6.93. The van der Waals surface area contributed by atoms with Crippen LogP contribution in [0.25, 0.3) is 10.8 Å². The summed E-state index contributed by atoms with van der Waals surface area (Å²) in [6.45, 7) is 4.59. The van der Waals surface area contributed by atoms with Crippen LogP contribution in [0.4, 0.5) is 5.82 Å². The fraction of sp³-hybridized carbons (Fsp3) is 0.304. The summed E-state index contributed by atoms with van der Waals surface area (Å²) < 4.78 is 10.9. The predicted molar refractivity (Wildman–Crippen MR) is 114 cm³/mol. The van der Waals surface area contributed by atoms with E-state index in [-0.39, 0.29) is 6.04 Å². The quantitative estimate of drug-likeness (QED) is 0.737. The minimum Gasteiger partial charge on any atom is -0.493 e. The number of aromatic nitrogens is 1. The van der Waals surface area contributed by atoms with Crippen molar-refractivity contribution < 1.29 is 9.47 Å². The largest absolute Gasteiger partial charge is 0.493 e. The standard InChI is InChI=1S/C23H24N4O2/c1-15-4-6-16(7-5-15)20-14-27(9-8-25-20)23-19-11-22(29-3)21(28-2)10-18(19)17(12-24)13-26-23/h4-7,10-11,13,20,25H,8-9,14H2,1-3H3/t20-/m1/s1. The maximum atomic E-state index is 9.55. The second-order valence-electron chi connectivity index (χ2n) is 7.22. The van der Waals surface area contributed by atoms with Gasteiger partial charge in [0.05, 0.1) is 19.8 Å². The molecule has 1 atom stereocenters. The minimum absolute atomic E-state index is 0.219. The van der Waals surface area contributed by atoms with Crippen molar-refractivity contribution >= 4 is 16.6 Å². The molecular formula is C23H24N4O2. The minimum atomic E-state index is 0.219. The molecule has 2 aromatic carbocycles. The van der Waals surface area contributed by atoms with Gasteiger partial charge in [0.15, 0.2) is 11.5 Å². The highest BCUT2D eigenvalue weighted by Gasteiger charge is 2.24. The van der Waals surface area contributed by atoms with E-state index < -0.39 is 0 Å². The van der Waals surface area contributed by atoms with Crippen LogP contribution in [0.5, 0.6) is 11.5 Å². The molecule has 0 saturated carbocycles. The number of fused-ring (bicyclic) bond motifs is 1. The summed E-state index contributed by atoms with van der Waals surface area (Å²) in [7, 11) is 3.21. The van der Waals surface area contributed by atoms with Gasteiger partial charge < -0.3 is 19.7 Å². The Kier molecular flexibility index (Phi) is 5.24. The van der Waals surface area contributed by atoms with Gasteiger partial charge in [-0.3, -0.25) is 0 Å². The van der Waals surface area contributed by atoms with Crippen LogP contribution in [0.15, 0.2) is 42.6 Å². The molecule has 3 aromatic rings. The van der Waals surface area contributed by atoms with Gasteiger partial charge in [-0.1, -0.05) is 29.8 Å². The van der Waals surface area contributed by atoms with Crippen LogP contribution >= 0.6 is 0 Å². The van der Waals surface area contributed by atoms with E-state index in [0.717, 1.165) is 36.2 Å². The zero-order valence-electron chi connectivity index (χ0n) is 16.9. The van der Waals surface area contributed by atoms with E-state index in [4.69, 9.17) is 9.47 Å². The van der Waals surface area contributed by atoms with Gasteiger partial charge in [-0.2, -0.15) is 5.26 Å².